The molecule has 0 spiro atoms. The molecule has 0 saturated heterocycles. The maximum Gasteiger partial charge on any atom is 0.416 e. The molecule has 4 nitrogen and oxygen atoms in total. The Hall–Kier alpha value is -1.31. The van der Waals surface area contributed by atoms with Crippen molar-refractivity contribution < 1.29 is 22.7 Å². The van der Waals surface area contributed by atoms with Crippen molar-refractivity contribution in [3.8, 4) is 0 Å². The number of hydrogen-bond donors (Lipinski definition) is 1. The summed E-state index contributed by atoms with van der Waals surface area (Å²) in [5, 5.41) is 0. The summed E-state index contributed by atoms with van der Waals surface area (Å²) < 4.78 is 43.6. The first-order chi connectivity index (χ1) is 9.79. The molecule has 0 radical (unpaired) electrons. The Bertz CT molecular complexity index is 479. The molecule has 2 N–H and O–H groups in total. The molecule has 0 saturated carbocycles. The quantitative estimate of drug-likeness (QED) is 0.865. The van der Waals surface area contributed by atoms with Crippen molar-refractivity contribution in [2.24, 2.45) is 5.73 Å². The highest BCUT2D eigenvalue weighted by atomic mass is 35.5. The van der Waals surface area contributed by atoms with Crippen LogP contribution in [-0.2, 0) is 22.3 Å². The smallest absolute Gasteiger partial charge is 0.380 e. The molecule has 1 amide bonds. The average molecular weight is 341 g/mol. The van der Waals surface area contributed by atoms with E-state index >= 15 is 0 Å². The van der Waals surface area contributed by atoms with Crippen LogP contribution in [0.2, 0.25) is 0 Å². The predicted molar refractivity (Wildman–Crippen MR) is 79.6 cm³/mol. The van der Waals surface area contributed by atoms with Crippen LogP contribution in [0.3, 0.4) is 0 Å². The van der Waals surface area contributed by atoms with Gasteiger partial charge in [0.05, 0.1) is 18.1 Å². The van der Waals surface area contributed by atoms with Crippen molar-refractivity contribution >= 4 is 18.3 Å². The zero-order valence-corrected chi connectivity index (χ0v) is 13.2. The third-order valence-corrected chi connectivity index (χ3v) is 3.15. The minimum Gasteiger partial charge on any atom is -0.380 e. The third kappa shape index (κ3) is 5.82. The highest BCUT2D eigenvalue weighted by Gasteiger charge is 2.33. The Labute approximate surface area is 133 Å². The maximum atomic E-state index is 12.9. The zero-order chi connectivity index (χ0) is 16.0. The molecule has 1 aromatic carbocycles. The highest BCUT2D eigenvalue weighted by molar-refractivity contribution is 5.85. The topological polar surface area (TPSA) is 55.6 Å². The fraction of sp³-hybridized carbons (Fsp3) is 0.500. The third-order valence-electron chi connectivity index (χ3n) is 3.15. The summed E-state index contributed by atoms with van der Waals surface area (Å²) in [6.07, 6.45) is -4.83. The van der Waals surface area contributed by atoms with E-state index in [2.05, 4.69) is 0 Å². The lowest BCUT2D eigenvalue weighted by atomic mass is 10.1. The number of halogens is 4. The second-order valence-electron chi connectivity index (χ2n) is 4.70. The summed E-state index contributed by atoms with van der Waals surface area (Å²) in [6.45, 7) is 0.0603. The molecule has 1 atom stereocenters. The Balaban J connectivity index is 0.00000441. The molecule has 0 aromatic heterocycles. The molecule has 0 aliphatic carbocycles. The first-order valence-corrected chi connectivity index (χ1v) is 6.41. The highest BCUT2D eigenvalue weighted by Crippen LogP contribution is 2.32. The number of hydrogen-bond acceptors (Lipinski definition) is 3. The number of amides is 1. The fourth-order valence-electron chi connectivity index (χ4n) is 1.89. The summed E-state index contributed by atoms with van der Waals surface area (Å²) >= 11 is 0. The summed E-state index contributed by atoms with van der Waals surface area (Å²) in [7, 11) is 2.89. The van der Waals surface area contributed by atoms with Crippen LogP contribution in [-0.4, -0.2) is 37.6 Å². The lowest BCUT2D eigenvalue weighted by Gasteiger charge is -2.22. The van der Waals surface area contributed by atoms with E-state index in [1.807, 2.05) is 0 Å². The van der Waals surface area contributed by atoms with Crippen molar-refractivity contribution in [2.75, 3.05) is 20.7 Å². The molecule has 0 bridgehead atoms. The Morgan fingerprint density at radius 2 is 1.95 bits per heavy atom. The number of nitrogens with two attached hydrogens (primary N) is 1. The molecule has 8 heteroatoms. The number of ether oxygens (including phenoxy) is 1. The van der Waals surface area contributed by atoms with Gasteiger partial charge in [-0.2, -0.15) is 13.2 Å². The van der Waals surface area contributed by atoms with Gasteiger partial charge < -0.3 is 15.4 Å². The van der Waals surface area contributed by atoms with Crippen LogP contribution in [0.25, 0.3) is 0 Å². The van der Waals surface area contributed by atoms with Gasteiger partial charge in [0.25, 0.3) is 0 Å². The van der Waals surface area contributed by atoms with Gasteiger partial charge in [-0.3, -0.25) is 4.79 Å². The van der Waals surface area contributed by atoms with Gasteiger partial charge in [-0.05, 0) is 11.6 Å². The van der Waals surface area contributed by atoms with Gasteiger partial charge in [-0.1, -0.05) is 18.2 Å². The van der Waals surface area contributed by atoms with Gasteiger partial charge in [0.1, 0.15) is 0 Å². The molecule has 0 aliphatic rings. The number of methoxy groups -OCH3 is 1. The maximum absolute atomic E-state index is 12.9. The summed E-state index contributed by atoms with van der Waals surface area (Å²) in [5.41, 5.74) is 4.75. The first kappa shape index (κ1) is 20.7. The van der Waals surface area contributed by atoms with Crippen molar-refractivity contribution in [3.63, 3.8) is 0 Å². The standard InChI is InChI=1S/C14H19F3N2O2.ClH/c1-19(13(20)7-11(8-18)21-2)9-10-5-3-4-6-12(10)14(15,16)17;/h3-6,11H,7-9,18H2,1-2H3;1H. The minimum atomic E-state index is -4.44. The van der Waals surface area contributed by atoms with E-state index < -0.39 is 17.8 Å². The van der Waals surface area contributed by atoms with Crippen LogP contribution in [0.15, 0.2) is 24.3 Å². The SMILES string of the molecule is COC(CN)CC(=O)N(C)Cc1ccccc1C(F)(F)F.Cl. The van der Waals surface area contributed by atoms with Crippen LogP contribution >= 0.6 is 12.4 Å². The van der Waals surface area contributed by atoms with Crippen molar-refractivity contribution in [1.29, 1.82) is 0 Å². The molecule has 0 heterocycles. The average Bonchev–Trinajstić information content (AvgIpc) is 2.43. The summed E-state index contributed by atoms with van der Waals surface area (Å²) in [5.74, 6) is -0.315. The van der Waals surface area contributed by atoms with Gasteiger partial charge in [-0.25, -0.2) is 0 Å². The van der Waals surface area contributed by atoms with Gasteiger partial charge in [0, 0.05) is 27.2 Å². The van der Waals surface area contributed by atoms with Gasteiger partial charge in [-0.15, -0.1) is 12.4 Å². The fourth-order valence-corrected chi connectivity index (χ4v) is 1.89. The number of carbonyl (C=O) groups excluding carboxylic acids is 1. The van der Waals surface area contributed by atoms with E-state index in [0.717, 1.165) is 6.07 Å². The van der Waals surface area contributed by atoms with E-state index in [0.29, 0.717) is 0 Å². The summed E-state index contributed by atoms with van der Waals surface area (Å²) in [4.78, 5) is 13.2. The van der Waals surface area contributed by atoms with Gasteiger partial charge in [0.15, 0.2) is 0 Å². The molecule has 1 rings (SSSR count). The van der Waals surface area contributed by atoms with E-state index in [1.54, 1.807) is 0 Å². The van der Waals surface area contributed by atoms with Crippen LogP contribution in [0.5, 0.6) is 0 Å². The Kier molecular flexibility index (Phi) is 8.44. The zero-order valence-electron chi connectivity index (χ0n) is 12.4. The van der Waals surface area contributed by atoms with E-state index in [4.69, 9.17) is 10.5 Å². The molecule has 0 fully saturated rings. The van der Waals surface area contributed by atoms with Crippen molar-refractivity contribution in [1.82, 2.24) is 4.90 Å². The molecular weight excluding hydrogens is 321 g/mol. The second kappa shape index (κ2) is 8.97. The largest absolute Gasteiger partial charge is 0.416 e. The molecule has 126 valence electrons. The minimum absolute atomic E-state index is 0. The lowest BCUT2D eigenvalue weighted by Crippen LogP contribution is -2.33. The first-order valence-electron chi connectivity index (χ1n) is 6.41. The number of nitrogens with zero attached hydrogens (tertiary/aromatic N) is 1. The molecule has 1 unspecified atom stereocenters. The van der Waals surface area contributed by atoms with E-state index in [-0.39, 0.29) is 43.4 Å². The number of benzene rings is 1. The van der Waals surface area contributed by atoms with Crippen molar-refractivity contribution in [3.05, 3.63) is 35.4 Å². The Morgan fingerprint density at radius 1 is 1.36 bits per heavy atom. The second-order valence-corrected chi connectivity index (χ2v) is 4.70. The van der Waals surface area contributed by atoms with Crippen LogP contribution in [0.4, 0.5) is 13.2 Å². The monoisotopic (exact) mass is 340 g/mol. The number of alkyl halides is 3. The van der Waals surface area contributed by atoms with Gasteiger partial charge >= 0.3 is 6.18 Å². The van der Waals surface area contributed by atoms with E-state index in [9.17, 15) is 18.0 Å². The lowest BCUT2D eigenvalue weighted by molar-refractivity contribution is -0.140. The van der Waals surface area contributed by atoms with Crippen LogP contribution in [0, 0.1) is 0 Å². The van der Waals surface area contributed by atoms with Crippen LogP contribution in [0.1, 0.15) is 17.5 Å². The van der Waals surface area contributed by atoms with E-state index in [1.165, 1.54) is 37.3 Å². The number of carbonyl (C=O) groups is 1. The summed E-state index contributed by atoms with van der Waals surface area (Å²) in [6, 6.07) is 5.21. The van der Waals surface area contributed by atoms with Crippen LogP contribution < -0.4 is 5.73 Å². The van der Waals surface area contributed by atoms with Gasteiger partial charge in [0.2, 0.25) is 5.91 Å². The normalized spacial score (nSPS) is 12.5. The van der Waals surface area contributed by atoms with Crippen molar-refractivity contribution in [2.45, 2.75) is 25.2 Å². The predicted octanol–water partition coefficient (Wildman–Crippen LogP) is 2.45. The molecule has 1 aromatic rings. The molecule has 22 heavy (non-hydrogen) atoms. The molecular formula is C14H20ClF3N2O2. The number of rotatable bonds is 6. The molecule has 0 aliphatic heterocycles. The Morgan fingerprint density at radius 3 is 2.45 bits per heavy atom.